The van der Waals surface area contributed by atoms with Crippen LogP contribution >= 0.6 is 23.5 Å². The van der Waals surface area contributed by atoms with Gasteiger partial charge in [0, 0.05) is 23.5 Å². The number of piperazine rings is 1. The van der Waals surface area contributed by atoms with E-state index in [9.17, 15) is 9.59 Å². The number of aromatic amines is 1. The van der Waals surface area contributed by atoms with Crippen LogP contribution in [0.25, 0.3) is 10.9 Å². The Kier molecular flexibility index (Phi) is 4.81. The molecule has 0 radical (unpaired) electrons. The molecule has 5 nitrogen and oxygen atoms in total. The molecule has 1 aromatic carbocycles. The van der Waals surface area contributed by atoms with Gasteiger partial charge in [0.2, 0.25) is 0 Å². The third-order valence-electron chi connectivity index (χ3n) is 4.92. The van der Waals surface area contributed by atoms with E-state index in [0.29, 0.717) is 6.42 Å². The molecule has 0 aliphatic carbocycles. The van der Waals surface area contributed by atoms with Gasteiger partial charge in [-0.25, -0.2) is 0 Å². The van der Waals surface area contributed by atoms with Gasteiger partial charge < -0.3 is 15.6 Å². The first kappa shape index (κ1) is 18.2. The molecule has 25 heavy (non-hydrogen) atoms. The molecule has 2 aromatic rings. The lowest BCUT2D eigenvalue weighted by Crippen LogP contribution is -2.74. The van der Waals surface area contributed by atoms with Gasteiger partial charge >= 0.3 is 0 Å². The smallest absolute Gasteiger partial charge is 0.258 e. The van der Waals surface area contributed by atoms with E-state index in [0.717, 1.165) is 16.5 Å². The van der Waals surface area contributed by atoms with Crippen LogP contribution in [0, 0.1) is 5.92 Å². The Morgan fingerprint density at radius 2 is 1.76 bits per heavy atom. The fourth-order valence-corrected chi connectivity index (χ4v) is 4.97. The summed E-state index contributed by atoms with van der Waals surface area (Å²) in [6.07, 6.45) is 6.06. The first-order valence-corrected chi connectivity index (χ1v) is 10.6. The van der Waals surface area contributed by atoms with Gasteiger partial charge in [-0.2, -0.15) is 0 Å². The van der Waals surface area contributed by atoms with Gasteiger partial charge in [-0.05, 0) is 30.1 Å². The third kappa shape index (κ3) is 2.83. The lowest BCUT2D eigenvalue weighted by molar-refractivity contribution is -0.140. The van der Waals surface area contributed by atoms with Crippen LogP contribution in [0.3, 0.4) is 0 Å². The number of rotatable bonds is 5. The normalized spacial score (nSPS) is 26.8. The Morgan fingerprint density at radius 1 is 1.04 bits per heavy atom. The monoisotopic (exact) mass is 377 g/mol. The number of para-hydroxylation sites is 1. The molecule has 1 fully saturated rings. The zero-order valence-electron chi connectivity index (χ0n) is 14.8. The number of carbonyl (C=O) groups excluding carboxylic acids is 2. The van der Waals surface area contributed by atoms with Crippen molar-refractivity contribution in [1.29, 1.82) is 0 Å². The molecule has 3 N–H and O–H groups in total. The van der Waals surface area contributed by atoms with Crippen LogP contribution in [0.1, 0.15) is 19.4 Å². The zero-order valence-corrected chi connectivity index (χ0v) is 16.4. The third-order valence-corrected chi connectivity index (χ3v) is 7.45. The predicted octanol–water partition coefficient (Wildman–Crippen LogP) is 2.73. The summed E-state index contributed by atoms with van der Waals surface area (Å²) < 4.78 is 0. The van der Waals surface area contributed by atoms with Crippen LogP contribution in [0.5, 0.6) is 0 Å². The lowest BCUT2D eigenvalue weighted by atomic mass is 9.95. The van der Waals surface area contributed by atoms with Gasteiger partial charge in [-0.1, -0.05) is 32.0 Å². The maximum absolute atomic E-state index is 13.1. The number of amides is 2. The van der Waals surface area contributed by atoms with E-state index in [1.54, 1.807) is 0 Å². The maximum atomic E-state index is 13.1. The number of nitrogens with one attached hydrogen (secondary N) is 3. The lowest BCUT2D eigenvalue weighted by Gasteiger charge is -2.46. The van der Waals surface area contributed by atoms with Crippen LogP contribution in [-0.4, -0.2) is 39.1 Å². The molecule has 2 atom stereocenters. The van der Waals surface area contributed by atoms with E-state index in [1.165, 1.54) is 23.5 Å². The van der Waals surface area contributed by atoms with Crippen molar-refractivity contribution in [2.24, 2.45) is 5.92 Å². The molecular weight excluding hydrogens is 354 g/mol. The van der Waals surface area contributed by atoms with Crippen molar-refractivity contribution in [2.75, 3.05) is 12.5 Å². The van der Waals surface area contributed by atoms with E-state index < -0.39 is 9.74 Å². The van der Waals surface area contributed by atoms with Crippen LogP contribution in [0.15, 0.2) is 30.5 Å². The Balaban J connectivity index is 1.96. The number of carbonyl (C=O) groups is 2. The summed E-state index contributed by atoms with van der Waals surface area (Å²) in [6, 6.07) is 7.97. The summed E-state index contributed by atoms with van der Waals surface area (Å²) >= 11 is 2.74. The average Bonchev–Trinajstić information content (AvgIpc) is 3.00. The zero-order chi connectivity index (χ0) is 18.2. The topological polar surface area (TPSA) is 74.0 Å². The van der Waals surface area contributed by atoms with Crippen molar-refractivity contribution in [3.8, 4) is 0 Å². The van der Waals surface area contributed by atoms with Crippen LogP contribution in [-0.2, 0) is 16.0 Å². The molecule has 2 amide bonds. The van der Waals surface area contributed by atoms with Gasteiger partial charge in [0.1, 0.15) is 0 Å². The van der Waals surface area contributed by atoms with E-state index in [4.69, 9.17) is 0 Å². The van der Waals surface area contributed by atoms with Crippen molar-refractivity contribution < 1.29 is 9.59 Å². The number of thioether (sulfide) groups is 2. The van der Waals surface area contributed by atoms with Crippen molar-refractivity contribution in [3.63, 3.8) is 0 Å². The fraction of sp³-hybridized carbons (Fsp3) is 0.444. The van der Waals surface area contributed by atoms with Gasteiger partial charge in [-0.15, -0.1) is 23.5 Å². The Morgan fingerprint density at radius 3 is 2.40 bits per heavy atom. The molecular formula is C18H23N3O2S2. The van der Waals surface area contributed by atoms with E-state index in [1.807, 2.05) is 56.8 Å². The highest BCUT2D eigenvalue weighted by Crippen LogP contribution is 2.38. The summed E-state index contributed by atoms with van der Waals surface area (Å²) in [5.41, 5.74) is 2.04. The Bertz CT molecular complexity index is 820. The summed E-state index contributed by atoms with van der Waals surface area (Å²) in [5.74, 6) is -0.295. The minimum atomic E-state index is -1.00. The number of hydrogen-bond acceptors (Lipinski definition) is 4. The van der Waals surface area contributed by atoms with Gasteiger partial charge in [0.15, 0.2) is 9.74 Å². The average molecular weight is 378 g/mol. The molecule has 0 unspecified atom stereocenters. The number of H-pyrrole nitrogens is 1. The second-order valence-corrected chi connectivity index (χ2v) is 8.73. The largest absolute Gasteiger partial charge is 0.361 e. The van der Waals surface area contributed by atoms with Crippen LogP contribution in [0.2, 0.25) is 0 Å². The number of fused-ring (bicyclic) bond motifs is 1. The molecule has 0 bridgehead atoms. The van der Waals surface area contributed by atoms with Crippen LogP contribution < -0.4 is 10.6 Å². The molecule has 1 saturated heterocycles. The molecule has 0 spiro atoms. The van der Waals surface area contributed by atoms with E-state index in [2.05, 4.69) is 15.6 Å². The van der Waals surface area contributed by atoms with Crippen molar-refractivity contribution >= 4 is 46.2 Å². The van der Waals surface area contributed by atoms with Crippen LogP contribution in [0.4, 0.5) is 0 Å². The second-order valence-electron chi connectivity index (χ2n) is 6.57. The van der Waals surface area contributed by atoms with E-state index >= 15 is 0 Å². The predicted molar refractivity (Wildman–Crippen MR) is 106 cm³/mol. The maximum Gasteiger partial charge on any atom is 0.258 e. The summed E-state index contributed by atoms with van der Waals surface area (Å²) in [5, 5.41) is 7.12. The minimum Gasteiger partial charge on any atom is -0.361 e. The minimum absolute atomic E-state index is 0.0144. The highest BCUT2D eigenvalue weighted by molar-refractivity contribution is 8.01. The molecule has 2 heterocycles. The van der Waals surface area contributed by atoms with E-state index in [-0.39, 0.29) is 17.7 Å². The number of benzene rings is 1. The first-order chi connectivity index (χ1) is 11.9. The van der Waals surface area contributed by atoms with Crippen molar-refractivity contribution in [3.05, 3.63) is 36.0 Å². The van der Waals surface area contributed by atoms with Crippen molar-refractivity contribution in [2.45, 2.75) is 30.0 Å². The number of aromatic nitrogens is 1. The van der Waals surface area contributed by atoms with Gasteiger partial charge in [0.05, 0.1) is 0 Å². The van der Waals surface area contributed by atoms with Gasteiger partial charge in [0.25, 0.3) is 11.8 Å². The molecule has 1 aliphatic rings. The van der Waals surface area contributed by atoms with Gasteiger partial charge in [-0.3, -0.25) is 9.59 Å². The highest BCUT2D eigenvalue weighted by atomic mass is 32.2. The molecule has 3 rings (SSSR count). The standard InChI is InChI=1S/C18H23N3O2S2/c1-11(2)18(25-4)16(23)20-17(24-3,15(22)21-18)9-12-10-19-14-8-6-5-7-13(12)14/h5-8,10-11,19H,9H2,1-4H3,(H,20,23)(H,21,22)/t17-,18-/m0/s1. The molecule has 1 aromatic heterocycles. The summed E-state index contributed by atoms with van der Waals surface area (Å²) in [4.78, 5) is 27.3. The quantitative estimate of drug-likeness (QED) is 0.749. The molecule has 1 aliphatic heterocycles. The first-order valence-electron chi connectivity index (χ1n) is 8.19. The second kappa shape index (κ2) is 6.61. The fourth-order valence-electron chi connectivity index (χ4n) is 3.33. The SMILES string of the molecule is CS[C@]1(Cc2c[nH]c3ccccc23)NC(=O)[C@@](SC)(C(C)C)NC1=O. The molecule has 134 valence electrons. The summed E-state index contributed by atoms with van der Waals surface area (Å²) in [6.45, 7) is 3.89. The number of hydrogen-bond donors (Lipinski definition) is 3. The molecule has 7 heteroatoms. The Hall–Kier alpha value is -1.60. The van der Waals surface area contributed by atoms with Crippen molar-refractivity contribution in [1.82, 2.24) is 15.6 Å². The molecule has 0 saturated carbocycles. The highest BCUT2D eigenvalue weighted by Gasteiger charge is 2.55. The Labute approximate surface area is 156 Å². The summed E-state index contributed by atoms with van der Waals surface area (Å²) in [7, 11) is 0.